The first kappa shape index (κ1) is 18.4. The lowest BCUT2D eigenvalue weighted by atomic mass is 10.1. The van der Waals surface area contributed by atoms with Crippen LogP contribution in [0, 0.1) is 0 Å². The molecular formula is C26H27ClO4. The molecule has 4 rings (SSSR count). The van der Waals surface area contributed by atoms with Gasteiger partial charge in [-0.1, -0.05) is 103 Å². The SMILES string of the molecule is [2H]C(OC[C@H]1OC(Cl)[C@@H](OC([2H])c2ccccc2)[C@@H]1OC([2H])c1ccccc1)c1ccccc1. The third kappa shape index (κ3) is 6.39. The summed E-state index contributed by atoms with van der Waals surface area (Å²) in [6.45, 7) is -2.90. The Labute approximate surface area is 192 Å². The zero-order chi connectivity index (χ0) is 23.9. The minimum absolute atomic E-state index is 0.0202. The van der Waals surface area contributed by atoms with Crippen LogP contribution in [0.5, 0.6) is 0 Å². The summed E-state index contributed by atoms with van der Waals surface area (Å²) < 4.78 is 49.0. The summed E-state index contributed by atoms with van der Waals surface area (Å²) in [4.78, 5) is 0. The molecule has 0 aromatic heterocycles. The van der Waals surface area contributed by atoms with E-state index < -0.39 is 43.6 Å². The second-order valence-corrected chi connectivity index (χ2v) is 7.58. The molecule has 0 bridgehead atoms. The fraction of sp³-hybridized carbons (Fsp3) is 0.308. The monoisotopic (exact) mass is 441 g/mol. The Balaban J connectivity index is 1.49. The molecule has 3 aromatic carbocycles. The second kappa shape index (κ2) is 11.4. The maximum absolute atomic E-state index is 8.52. The maximum atomic E-state index is 8.52. The molecular weight excluding hydrogens is 412 g/mol. The van der Waals surface area contributed by atoms with Gasteiger partial charge in [0.15, 0.2) is 5.56 Å². The highest BCUT2D eigenvalue weighted by molar-refractivity contribution is 6.20. The Kier molecular flexibility index (Phi) is 6.77. The lowest BCUT2D eigenvalue weighted by Crippen LogP contribution is -2.38. The molecule has 1 heterocycles. The molecule has 3 aromatic rings. The molecule has 0 saturated carbocycles. The van der Waals surface area contributed by atoms with Crippen molar-refractivity contribution in [2.24, 2.45) is 0 Å². The summed E-state index contributed by atoms with van der Waals surface area (Å²) in [5.74, 6) is 0. The van der Waals surface area contributed by atoms with E-state index in [2.05, 4.69) is 0 Å². The molecule has 0 spiro atoms. The van der Waals surface area contributed by atoms with Crippen LogP contribution in [0.2, 0.25) is 0 Å². The van der Waals surface area contributed by atoms with Crippen LogP contribution in [0.4, 0.5) is 0 Å². The molecule has 0 N–H and O–H groups in total. The van der Waals surface area contributed by atoms with Gasteiger partial charge in [0.05, 0.1) is 30.5 Å². The van der Waals surface area contributed by atoms with Crippen molar-refractivity contribution in [2.45, 2.75) is 43.6 Å². The topological polar surface area (TPSA) is 36.9 Å². The van der Waals surface area contributed by atoms with Gasteiger partial charge in [0.1, 0.15) is 18.3 Å². The summed E-state index contributed by atoms with van der Waals surface area (Å²) in [7, 11) is 0. The van der Waals surface area contributed by atoms with Crippen molar-refractivity contribution in [1.29, 1.82) is 0 Å². The van der Waals surface area contributed by atoms with Crippen molar-refractivity contribution in [3.8, 4) is 0 Å². The van der Waals surface area contributed by atoms with Crippen molar-refractivity contribution in [1.82, 2.24) is 0 Å². The minimum atomic E-state index is -1.01. The van der Waals surface area contributed by atoms with Gasteiger partial charge >= 0.3 is 0 Å². The van der Waals surface area contributed by atoms with Crippen LogP contribution in [-0.2, 0) is 38.7 Å². The first-order valence-corrected chi connectivity index (χ1v) is 10.6. The van der Waals surface area contributed by atoms with E-state index in [0.717, 1.165) is 0 Å². The normalized spacial score (nSPS) is 27.6. The molecule has 162 valence electrons. The van der Waals surface area contributed by atoms with Crippen LogP contribution in [-0.4, -0.2) is 30.5 Å². The van der Waals surface area contributed by atoms with E-state index in [-0.39, 0.29) is 6.61 Å². The van der Waals surface area contributed by atoms with Crippen LogP contribution in [0.3, 0.4) is 0 Å². The summed E-state index contributed by atoms with van der Waals surface area (Å²) in [5, 5.41) is 0. The van der Waals surface area contributed by atoms with Gasteiger partial charge in [-0.25, -0.2) is 0 Å². The molecule has 7 atom stereocenters. The number of halogens is 1. The molecule has 0 aliphatic carbocycles. The zero-order valence-electron chi connectivity index (χ0n) is 19.9. The minimum Gasteiger partial charge on any atom is -0.374 e. The Morgan fingerprint density at radius 2 is 1.13 bits per heavy atom. The largest absolute Gasteiger partial charge is 0.374 e. The molecule has 4 nitrogen and oxygen atoms in total. The van der Waals surface area contributed by atoms with E-state index in [1.165, 1.54) is 0 Å². The van der Waals surface area contributed by atoms with Gasteiger partial charge in [-0.3, -0.25) is 0 Å². The quantitative estimate of drug-likeness (QED) is 0.398. The molecule has 0 radical (unpaired) electrons. The van der Waals surface area contributed by atoms with Crippen molar-refractivity contribution >= 4 is 11.6 Å². The van der Waals surface area contributed by atoms with E-state index in [1.807, 2.05) is 66.7 Å². The first-order chi connectivity index (χ1) is 16.5. The number of alkyl halides is 1. The number of benzene rings is 3. The van der Waals surface area contributed by atoms with Crippen molar-refractivity contribution in [2.75, 3.05) is 6.61 Å². The standard InChI is InChI=1S/C26H27ClO4/c27-26-25(30-18-22-14-8-3-9-15-22)24(29-17-21-12-6-2-7-13-21)23(31-26)19-28-16-20-10-4-1-5-11-20/h1-15,23-26H,16-19H2/t23-,24-,25+,26?/m1/s1/i16D,17D,18D/t16?,17?,18?,23-,24-,25+,26?. The molecule has 4 unspecified atom stereocenters. The van der Waals surface area contributed by atoms with Gasteiger partial charge < -0.3 is 18.9 Å². The molecule has 5 heteroatoms. The summed E-state index contributed by atoms with van der Waals surface area (Å²) >= 11 is 6.49. The highest BCUT2D eigenvalue weighted by atomic mass is 35.5. The van der Waals surface area contributed by atoms with Gasteiger partial charge in [-0.05, 0) is 16.7 Å². The number of hydrogen-bond donors (Lipinski definition) is 0. The number of ether oxygens (including phenoxy) is 4. The summed E-state index contributed by atoms with van der Waals surface area (Å²) in [6.07, 6.45) is -2.26. The van der Waals surface area contributed by atoms with E-state index >= 15 is 0 Å². The Bertz CT molecular complexity index is 999. The zero-order valence-corrected chi connectivity index (χ0v) is 17.7. The highest BCUT2D eigenvalue weighted by Gasteiger charge is 2.45. The second-order valence-electron chi connectivity index (χ2n) is 7.15. The van der Waals surface area contributed by atoms with Crippen LogP contribution < -0.4 is 0 Å². The van der Waals surface area contributed by atoms with Gasteiger partial charge in [0.2, 0.25) is 0 Å². The van der Waals surface area contributed by atoms with Crippen LogP contribution in [0.1, 0.15) is 20.8 Å². The molecule has 1 saturated heterocycles. The van der Waals surface area contributed by atoms with Crippen molar-refractivity contribution in [3.05, 3.63) is 108 Å². The predicted octanol–water partition coefficient (Wildman–Crippen LogP) is 5.34. The molecule has 1 aliphatic rings. The third-order valence-electron chi connectivity index (χ3n) is 4.85. The third-order valence-corrected chi connectivity index (χ3v) is 5.21. The lowest BCUT2D eigenvalue weighted by molar-refractivity contribution is -0.0896. The van der Waals surface area contributed by atoms with Crippen molar-refractivity contribution in [3.63, 3.8) is 0 Å². The molecule has 0 amide bonds. The first-order valence-electron chi connectivity index (χ1n) is 11.9. The van der Waals surface area contributed by atoms with E-state index in [0.29, 0.717) is 16.7 Å². The van der Waals surface area contributed by atoms with Gasteiger partial charge in [-0.2, -0.15) is 0 Å². The average Bonchev–Trinajstić information content (AvgIpc) is 3.17. The highest BCUT2D eigenvalue weighted by Crippen LogP contribution is 2.31. The van der Waals surface area contributed by atoms with Crippen molar-refractivity contribution < 1.29 is 23.1 Å². The Hall–Kier alpha value is -2.21. The molecule has 1 fully saturated rings. The Morgan fingerprint density at radius 1 is 0.677 bits per heavy atom. The predicted molar refractivity (Wildman–Crippen MR) is 121 cm³/mol. The average molecular weight is 442 g/mol. The van der Waals surface area contributed by atoms with E-state index in [9.17, 15) is 0 Å². The number of hydrogen-bond acceptors (Lipinski definition) is 4. The molecule has 31 heavy (non-hydrogen) atoms. The summed E-state index contributed by atoms with van der Waals surface area (Å²) in [6, 6.07) is 27.5. The van der Waals surface area contributed by atoms with Crippen LogP contribution in [0.25, 0.3) is 0 Å². The lowest BCUT2D eigenvalue weighted by Gasteiger charge is -2.24. The fourth-order valence-electron chi connectivity index (χ4n) is 3.27. The van der Waals surface area contributed by atoms with Gasteiger partial charge in [0.25, 0.3) is 0 Å². The fourth-order valence-corrected chi connectivity index (χ4v) is 3.60. The Morgan fingerprint density at radius 3 is 1.65 bits per heavy atom. The molecule has 1 aliphatic heterocycles. The van der Waals surface area contributed by atoms with Crippen LogP contribution >= 0.6 is 11.6 Å². The maximum Gasteiger partial charge on any atom is 0.160 e. The van der Waals surface area contributed by atoms with Gasteiger partial charge in [0, 0.05) is 0 Å². The number of rotatable bonds is 10. The van der Waals surface area contributed by atoms with E-state index in [4.69, 9.17) is 34.7 Å². The van der Waals surface area contributed by atoms with Gasteiger partial charge in [-0.15, -0.1) is 0 Å². The smallest absolute Gasteiger partial charge is 0.160 e. The summed E-state index contributed by atoms with van der Waals surface area (Å²) in [5.41, 5.74) is 1.16. The van der Waals surface area contributed by atoms with Crippen LogP contribution in [0.15, 0.2) is 91.0 Å². The van der Waals surface area contributed by atoms with E-state index in [1.54, 1.807) is 24.3 Å².